The smallest absolute Gasteiger partial charge is 0.475 e. The summed E-state index contributed by atoms with van der Waals surface area (Å²) in [6.45, 7) is 2.26. The van der Waals surface area contributed by atoms with Gasteiger partial charge in [0.05, 0.1) is 24.0 Å². The van der Waals surface area contributed by atoms with E-state index in [0.29, 0.717) is 12.6 Å². The molecule has 0 bridgehead atoms. The molecule has 0 radical (unpaired) electrons. The van der Waals surface area contributed by atoms with Gasteiger partial charge in [0.2, 0.25) is 5.91 Å². The Kier molecular flexibility index (Phi) is 7.76. The summed E-state index contributed by atoms with van der Waals surface area (Å²) in [5, 5.41) is 10.1. The van der Waals surface area contributed by atoms with Crippen LogP contribution in [0.2, 0.25) is 0 Å². The third kappa shape index (κ3) is 6.58. The molecule has 176 valence electrons. The zero-order valence-electron chi connectivity index (χ0n) is 17.5. The molecule has 1 amide bonds. The van der Waals surface area contributed by atoms with Crippen LogP contribution in [-0.4, -0.2) is 74.5 Å². The number of halogens is 3. The molecule has 1 atom stereocenters. The van der Waals surface area contributed by atoms with Gasteiger partial charge in [-0.25, -0.2) is 4.79 Å². The van der Waals surface area contributed by atoms with Gasteiger partial charge in [-0.3, -0.25) is 14.7 Å². The van der Waals surface area contributed by atoms with Gasteiger partial charge in [0.25, 0.3) is 0 Å². The molecular formula is C20H21F3N6O3S. The lowest BCUT2D eigenvalue weighted by atomic mass is 10.2. The quantitative estimate of drug-likeness (QED) is 0.571. The first kappa shape index (κ1) is 24.3. The van der Waals surface area contributed by atoms with Crippen molar-refractivity contribution in [2.24, 2.45) is 0 Å². The first-order valence-corrected chi connectivity index (χ1v) is 10.5. The monoisotopic (exact) mass is 482 g/mol. The minimum Gasteiger partial charge on any atom is -0.475 e. The molecule has 9 nitrogen and oxygen atoms in total. The van der Waals surface area contributed by atoms with E-state index in [1.54, 1.807) is 0 Å². The van der Waals surface area contributed by atoms with Gasteiger partial charge >= 0.3 is 12.1 Å². The number of amides is 1. The van der Waals surface area contributed by atoms with Gasteiger partial charge in [-0.1, -0.05) is 6.07 Å². The molecule has 1 aliphatic heterocycles. The zero-order valence-corrected chi connectivity index (χ0v) is 18.3. The molecule has 2 N–H and O–H groups in total. The van der Waals surface area contributed by atoms with Crippen molar-refractivity contribution in [1.29, 1.82) is 0 Å². The van der Waals surface area contributed by atoms with E-state index < -0.39 is 12.1 Å². The maximum atomic E-state index is 12.5. The highest BCUT2D eigenvalue weighted by molar-refractivity contribution is 7.00. The van der Waals surface area contributed by atoms with Crippen molar-refractivity contribution in [3.05, 3.63) is 42.7 Å². The number of benzene rings is 1. The van der Waals surface area contributed by atoms with Crippen molar-refractivity contribution in [3.63, 3.8) is 0 Å². The average molecular weight is 482 g/mol. The lowest BCUT2D eigenvalue weighted by Crippen LogP contribution is -2.39. The average Bonchev–Trinajstić information content (AvgIpc) is 3.44. The van der Waals surface area contributed by atoms with Crippen LogP contribution < -0.4 is 10.2 Å². The number of carbonyl (C=O) groups is 2. The number of rotatable bonds is 5. The number of fused-ring (bicyclic) bond motifs is 1. The van der Waals surface area contributed by atoms with E-state index in [1.165, 1.54) is 5.69 Å². The number of aromatic nitrogens is 3. The Bertz CT molecular complexity index is 1100. The van der Waals surface area contributed by atoms with E-state index in [4.69, 9.17) is 9.90 Å². The summed E-state index contributed by atoms with van der Waals surface area (Å²) in [5.74, 6) is -2.79. The summed E-state index contributed by atoms with van der Waals surface area (Å²) in [5.41, 5.74) is 3.46. The summed E-state index contributed by atoms with van der Waals surface area (Å²) in [7, 11) is 2.01. The van der Waals surface area contributed by atoms with Crippen molar-refractivity contribution in [2.75, 3.05) is 36.9 Å². The number of carboxylic acids is 1. The molecule has 13 heteroatoms. The Balaban J connectivity index is 0.000000383. The Morgan fingerprint density at radius 1 is 1.24 bits per heavy atom. The minimum atomic E-state index is -5.08. The normalized spacial score (nSPS) is 15.9. The van der Waals surface area contributed by atoms with E-state index in [1.807, 2.05) is 49.8 Å². The first-order valence-electron chi connectivity index (χ1n) is 9.81. The highest BCUT2D eigenvalue weighted by Crippen LogP contribution is 2.23. The van der Waals surface area contributed by atoms with Crippen LogP contribution in [0.3, 0.4) is 0 Å². The summed E-state index contributed by atoms with van der Waals surface area (Å²) in [4.78, 5) is 29.9. The maximum Gasteiger partial charge on any atom is 0.490 e. The number of alkyl halides is 3. The third-order valence-corrected chi connectivity index (χ3v) is 5.55. The van der Waals surface area contributed by atoms with Gasteiger partial charge in [-0.2, -0.15) is 21.9 Å². The lowest BCUT2D eigenvalue weighted by Gasteiger charge is -2.24. The molecule has 3 heterocycles. The highest BCUT2D eigenvalue weighted by atomic mass is 32.1. The SMILES string of the molecule is CN(CC(=O)Nc1cccc2nsnc12)C1CCN(c2ccncc2)C1.O=C(O)C(F)(F)F. The van der Waals surface area contributed by atoms with Crippen LogP contribution >= 0.6 is 11.7 Å². The number of hydrogen-bond donors (Lipinski definition) is 2. The molecule has 1 aromatic carbocycles. The van der Waals surface area contributed by atoms with Crippen LogP contribution in [0, 0.1) is 0 Å². The van der Waals surface area contributed by atoms with Gasteiger partial charge in [0, 0.05) is 37.2 Å². The number of carboxylic acid groups (broad SMARTS) is 1. The van der Waals surface area contributed by atoms with E-state index in [0.717, 1.165) is 48.0 Å². The van der Waals surface area contributed by atoms with Crippen molar-refractivity contribution >= 4 is 46.0 Å². The van der Waals surface area contributed by atoms with Crippen molar-refractivity contribution in [2.45, 2.75) is 18.6 Å². The van der Waals surface area contributed by atoms with Gasteiger partial charge in [-0.15, -0.1) is 0 Å². The molecule has 33 heavy (non-hydrogen) atoms. The number of anilines is 2. The van der Waals surface area contributed by atoms with E-state index in [9.17, 15) is 18.0 Å². The second kappa shape index (κ2) is 10.5. The van der Waals surface area contributed by atoms with Crippen LogP contribution in [0.1, 0.15) is 6.42 Å². The molecule has 0 aliphatic carbocycles. The minimum absolute atomic E-state index is 0.0321. The third-order valence-electron chi connectivity index (χ3n) is 5.01. The Morgan fingerprint density at radius 2 is 1.94 bits per heavy atom. The van der Waals surface area contributed by atoms with Crippen LogP contribution in [0.15, 0.2) is 42.7 Å². The van der Waals surface area contributed by atoms with E-state index >= 15 is 0 Å². The fraction of sp³-hybridized carbons (Fsp3) is 0.350. The fourth-order valence-electron chi connectivity index (χ4n) is 3.34. The standard InChI is InChI=1S/C18H20N6OS.C2HF3O2/c1-23(14-7-10-24(11-14)13-5-8-19-9-6-13)12-17(25)20-15-3-2-4-16-18(15)22-26-21-16;3-2(4,5)1(6)7/h2-6,8-9,14H,7,10-12H2,1H3,(H,20,25);(H,6,7). The summed E-state index contributed by atoms with van der Waals surface area (Å²) in [6.07, 6.45) is -0.417. The zero-order chi connectivity index (χ0) is 24.0. The molecule has 1 unspecified atom stereocenters. The van der Waals surface area contributed by atoms with Crippen molar-refractivity contribution in [3.8, 4) is 0 Å². The number of pyridine rings is 1. The van der Waals surface area contributed by atoms with Gasteiger partial charge in [-0.05, 0) is 37.7 Å². The van der Waals surface area contributed by atoms with Crippen molar-refractivity contribution < 1.29 is 27.9 Å². The topological polar surface area (TPSA) is 112 Å². The molecule has 0 saturated carbocycles. The highest BCUT2D eigenvalue weighted by Gasteiger charge is 2.38. The number of nitrogens with zero attached hydrogens (tertiary/aromatic N) is 5. The second-order valence-electron chi connectivity index (χ2n) is 7.30. The summed E-state index contributed by atoms with van der Waals surface area (Å²) < 4.78 is 40.2. The van der Waals surface area contributed by atoms with Gasteiger partial charge in [0.15, 0.2) is 0 Å². The predicted octanol–water partition coefficient (Wildman–Crippen LogP) is 2.87. The van der Waals surface area contributed by atoms with Crippen molar-refractivity contribution in [1.82, 2.24) is 18.6 Å². The number of nitrogens with one attached hydrogen (secondary N) is 1. The van der Waals surface area contributed by atoms with Gasteiger partial charge in [0.1, 0.15) is 11.0 Å². The largest absolute Gasteiger partial charge is 0.490 e. The molecule has 1 aliphatic rings. The van der Waals surface area contributed by atoms with Crippen LogP contribution in [0.4, 0.5) is 24.5 Å². The van der Waals surface area contributed by atoms with Crippen LogP contribution in [0.5, 0.6) is 0 Å². The predicted molar refractivity (Wildman–Crippen MR) is 117 cm³/mol. The maximum absolute atomic E-state index is 12.5. The van der Waals surface area contributed by atoms with Crippen LogP contribution in [0.25, 0.3) is 11.0 Å². The summed E-state index contributed by atoms with van der Waals surface area (Å²) in [6, 6.07) is 10.0. The molecular weight excluding hydrogens is 461 g/mol. The summed E-state index contributed by atoms with van der Waals surface area (Å²) >= 11 is 1.15. The molecule has 2 aromatic heterocycles. The fourth-order valence-corrected chi connectivity index (χ4v) is 3.89. The first-order chi connectivity index (χ1) is 15.6. The molecule has 3 aromatic rings. The molecule has 1 saturated heterocycles. The number of aliphatic carboxylic acids is 1. The van der Waals surface area contributed by atoms with Crippen LogP contribution in [-0.2, 0) is 9.59 Å². The number of carbonyl (C=O) groups excluding carboxylic acids is 1. The van der Waals surface area contributed by atoms with E-state index in [2.05, 4.69) is 28.8 Å². The van der Waals surface area contributed by atoms with Gasteiger partial charge < -0.3 is 15.3 Å². The Labute approximate surface area is 191 Å². The Hall–Kier alpha value is -3.32. The lowest BCUT2D eigenvalue weighted by molar-refractivity contribution is -0.192. The molecule has 0 spiro atoms. The second-order valence-corrected chi connectivity index (χ2v) is 7.83. The Morgan fingerprint density at radius 3 is 2.61 bits per heavy atom. The van der Waals surface area contributed by atoms with E-state index in [-0.39, 0.29) is 5.91 Å². The number of likely N-dealkylation sites (N-methyl/N-ethyl adjacent to an activating group) is 1. The molecule has 4 rings (SSSR count). The number of hydrogen-bond acceptors (Lipinski definition) is 8. The molecule has 1 fully saturated rings.